The Balaban J connectivity index is 1.74. The molecule has 2 heterocycles. The van der Waals surface area contributed by atoms with Gasteiger partial charge in [0.25, 0.3) is 0 Å². The van der Waals surface area contributed by atoms with Gasteiger partial charge in [0.15, 0.2) is 0 Å². The molecule has 2 aliphatic heterocycles. The van der Waals surface area contributed by atoms with Gasteiger partial charge in [-0.25, -0.2) is 4.79 Å². The van der Waals surface area contributed by atoms with Crippen molar-refractivity contribution in [2.45, 2.75) is 37.8 Å². The van der Waals surface area contributed by atoms with Gasteiger partial charge in [-0.3, -0.25) is 9.59 Å². The smallest absolute Gasteiger partial charge is 0.323 e. The van der Waals surface area contributed by atoms with Gasteiger partial charge in [-0.1, -0.05) is 0 Å². The minimum Gasteiger partial charge on any atom is -0.480 e. The quantitative estimate of drug-likeness (QED) is 0.754. The van der Waals surface area contributed by atoms with Crippen molar-refractivity contribution in [3.8, 4) is 0 Å². The number of carbonyl (C=O) groups is 3. The van der Waals surface area contributed by atoms with Gasteiger partial charge in [0.05, 0.1) is 12.0 Å². The third kappa shape index (κ3) is 2.32. The van der Waals surface area contributed by atoms with Crippen molar-refractivity contribution in [3.05, 3.63) is 0 Å². The molecule has 3 rings (SSSR count). The minimum atomic E-state index is -0.987. The second-order valence-corrected chi connectivity index (χ2v) is 5.79. The summed E-state index contributed by atoms with van der Waals surface area (Å²) in [4.78, 5) is 38.4. The number of rotatable bonds is 3. The maximum atomic E-state index is 12.6. The lowest BCUT2D eigenvalue weighted by Gasteiger charge is -2.38. The molecule has 0 radical (unpaired) electrons. The van der Waals surface area contributed by atoms with Gasteiger partial charge in [-0.15, -0.1) is 0 Å². The third-order valence-corrected chi connectivity index (χ3v) is 4.39. The van der Waals surface area contributed by atoms with Gasteiger partial charge in [-0.2, -0.15) is 0 Å². The van der Waals surface area contributed by atoms with Crippen molar-refractivity contribution in [2.75, 3.05) is 19.6 Å². The lowest BCUT2D eigenvalue weighted by atomic mass is 9.92. The van der Waals surface area contributed by atoms with Crippen molar-refractivity contribution in [1.82, 2.24) is 15.1 Å². The van der Waals surface area contributed by atoms with Crippen LogP contribution in [0, 0.1) is 5.92 Å². The first kappa shape index (κ1) is 13.2. The Morgan fingerprint density at radius 3 is 2.75 bits per heavy atom. The minimum absolute atomic E-state index is 0.0173. The van der Waals surface area contributed by atoms with E-state index >= 15 is 0 Å². The van der Waals surface area contributed by atoms with Crippen molar-refractivity contribution in [1.29, 1.82) is 0 Å². The highest BCUT2D eigenvalue weighted by atomic mass is 16.4. The number of piperidine rings is 1. The van der Waals surface area contributed by atoms with Crippen LogP contribution in [0.5, 0.6) is 0 Å². The van der Waals surface area contributed by atoms with E-state index in [0.717, 1.165) is 25.7 Å². The Hall–Kier alpha value is -1.79. The molecule has 1 aliphatic carbocycles. The number of likely N-dealkylation sites (tertiary alicyclic amines) is 1. The van der Waals surface area contributed by atoms with Gasteiger partial charge < -0.3 is 20.2 Å². The molecule has 3 fully saturated rings. The number of hydrogen-bond donors (Lipinski definition) is 2. The van der Waals surface area contributed by atoms with Crippen molar-refractivity contribution < 1.29 is 19.5 Å². The third-order valence-electron chi connectivity index (χ3n) is 4.39. The van der Waals surface area contributed by atoms with Crippen molar-refractivity contribution >= 4 is 17.9 Å². The van der Waals surface area contributed by atoms with E-state index in [2.05, 4.69) is 5.32 Å². The highest BCUT2D eigenvalue weighted by Gasteiger charge is 2.45. The van der Waals surface area contributed by atoms with Gasteiger partial charge in [0, 0.05) is 19.1 Å². The lowest BCUT2D eigenvalue weighted by molar-refractivity contribution is -0.138. The van der Waals surface area contributed by atoms with E-state index in [1.807, 2.05) is 0 Å². The van der Waals surface area contributed by atoms with Crippen LogP contribution in [-0.2, 0) is 9.59 Å². The van der Waals surface area contributed by atoms with Crippen LogP contribution in [0.25, 0.3) is 0 Å². The lowest BCUT2D eigenvalue weighted by Crippen LogP contribution is -2.55. The SMILES string of the molecule is O=C(O)CN(C(=O)N1CCCC2C(=O)NCC21)C1CC1. The van der Waals surface area contributed by atoms with E-state index in [1.165, 1.54) is 4.90 Å². The zero-order chi connectivity index (χ0) is 14.3. The average Bonchev–Trinajstić information content (AvgIpc) is 3.19. The van der Waals surface area contributed by atoms with E-state index in [4.69, 9.17) is 5.11 Å². The fourth-order valence-corrected chi connectivity index (χ4v) is 3.24. The second-order valence-electron chi connectivity index (χ2n) is 5.79. The normalized spacial score (nSPS) is 28.8. The molecule has 3 aliphatic rings. The number of carboxylic acids is 1. The maximum Gasteiger partial charge on any atom is 0.323 e. The molecular formula is C13H19N3O4. The van der Waals surface area contributed by atoms with Gasteiger partial charge in [-0.05, 0) is 25.7 Å². The largest absolute Gasteiger partial charge is 0.480 e. The Morgan fingerprint density at radius 2 is 2.10 bits per heavy atom. The molecule has 110 valence electrons. The molecule has 0 aromatic heterocycles. The molecule has 2 unspecified atom stereocenters. The zero-order valence-electron chi connectivity index (χ0n) is 11.2. The molecule has 20 heavy (non-hydrogen) atoms. The Bertz CT molecular complexity index is 449. The molecule has 1 saturated carbocycles. The number of fused-ring (bicyclic) bond motifs is 1. The van der Waals surface area contributed by atoms with Crippen LogP contribution in [0.15, 0.2) is 0 Å². The number of hydrogen-bond acceptors (Lipinski definition) is 3. The first-order valence-electron chi connectivity index (χ1n) is 7.14. The molecule has 0 aromatic rings. The first-order valence-corrected chi connectivity index (χ1v) is 7.14. The predicted octanol–water partition coefficient (Wildman–Crippen LogP) is -0.134. The van der Waals surface area contributed by atoms with Gasteiger partial charge in [0.1, 0.15) is 6.54 Å². The number of aliphatic carboxylic acids is 1. The number of nitrogens with one attached hydrogen (secondary N) is 1. The average molecular weight is 281 g/mol. The molecule has 2 saturated heterocycles. The number of carboxylic acid groups (broad SMARTS) is 1. The van der Waals surface area contributed by atoms with Gasteiger partial charge >= 0.3 is 12.0 Å². The fraction of sp³-hybridized carbons (Fsp3) is 0.769. The summed E-state index contributed by atoms with van der Waals surface area (Å²) in [5.74, 6) is -1.10. The second kappa shape index (κ2) is 4.96. The number of carbonyl (C=O) groups excluding carboxylic acids is 2. The van der Waals surface area contributed by atoms with Crippen LogP contribution in [0.2, 0.25) is 0 Å². The van der Waals surface area contributed by atoms with E-state index in [-0.39, 0.29) is 36.5 Å². The molecule has 2 N–H and O–H groups in total. The summed E-state index contributed by atoms with van der Waals surface area (Å²) in [5, 5.41) is 11.8. The Labute approximate surface area is 116 Å². The predicted molar refractivity (Wildman–Crippen MR) is 69.0 cm³/mol. The highest BCUT2D eigenvalue weighted by Crippen LogP contribution is 2.32. The topological polar surface area (TPSA) is 90.0 Å². The van der Waals surface area contributed by atoms with E-state index in [9.17, 15) is 14.4 Å². The Kier molecular flexibility index (Phi) is 3.27. The van der Waals surface area contributed by atoms with E-state index < -0.39 is 5.97 Å². The fourth-order valence-electron chi connectivity index (χ4n) is 3.24. The molecule has 7 nitrogen and oxygen atoms in total. The summed E-state index contributed by atoms with van der Waals surface area (Å²) in [5.41, 5.74) is 0. The zero-order valence-corrected chi connectivity index (χ0v) is 11.2. The number of nitrogens with zero attached hydrogens (tertiary/aromatic N) is 2. The van der Waals surface area contributed by atoms with E-state index in [1.54, 1.807) is 4.90 Å². The summed E-state index contributed by atoms with van der Waals surface area (Å²) in [7, 11) is 0. The van der Waals surface area contributed by atoms with Crippen LogP contribution in [0.1, 0.15) is 25.7 Å². The summed E-state index contributed by atoms with van der Waals surface area (Å²) >= 11 is 0. The van der Waals surface area contributed by atoms with Crippen LogP contribution in [0.4, 0.5) is 4.79 Å². The van der Waals surface area contributed by atoms with Crippen molar-refractivity contribution in [2.24, 2.45) is 5.92 Å². The number of amides is 3. The molecule has 3 amide bonds. The maximum absolute atomic E-state index is 12.6. The molecular weight excluding hydrogens is 262 g/mol. The standard InChI is InChI=1S/C13H19N3O4/c17-11(18)7-16(8-3-4-8)13(20)15-5-1-2-9-10(15)6-14-12(9)19/h8-10H,1-7H2,(H,14,19)(H,17,18). The Morgan fingerprint density at radius 1 is 1.35 bits per heavy atom. The van der Waals surface area contributed by atoms with Crippen LogP contribution >= 0.6 is 0 Å². The summed E-state index contributed by atoms with van der Waals surface area (Å²) in [6, 6.07) is -0.274. The summed E-state index contributed by atoms with van der Waals surface area (Å²) in [6.45, 7) is 0.845. The monoisotopic (exact) mass is 281 g/mol. The van der Waals surface area contributed by atoms with Crippen LogP contribution in [0.3, 0.4) is 0 Å². The highest BCUT2D eigenvalue weighted by molar-refractivity contribution is 5.85. The molecule has 0 spiro atoms. The molecule has 2 atom stereocenters. The molecule has 7 heteroatoms. The molecule has 0 bridgehead atoms. The summed E-state index contributed by atoms with van der Waals surface area (Å²) < 4.78 is 0. The number of urea groups is 1. The van der Waals surface area contributed by atoms with Crippen LogP contribution < -0.4 is 5.32 Å². The summed E-state index contributed by atoms with van der Waals surface area (Å²) in [6.07, 6.45) is 3.35. The van der Waals surface area contributed by atoms with Crippen molar-refractivity contribution in [3.63, 3.8) is 0 Å². The first-order chi connectivity index (χ1) is 9.58. The van der Waals surface area contributed by atoms with Gasteiger partial charge in [0.2, 0.25) is 5.91 Å². The molecule has 0 aromatic carbocycles. The van der Waals surface area contributed by atoms with Crippen LogP contribution in [-0.4, -0.2) is 64.5 Å². The van der Waals surface area contributed by atoms with E-state index in [0.29, 0.717) is 13.1 Å².